The summed E-state index contributed by atoms with van der Waals surface area (Å²) >= 11 is 1.02. The Labute approximate surface area is 223 Å². The Hall–Kier alpha value is -4.24. The first kappa shape index (κ1) is 24.1. The number of thiazole rings is 1. The van der Waals surface area contributed by atoms with Crippen molar-refractivity contribution in [2.24, 2.45) is 7.05 Å². The molecule has 0 aliphatic carbocycles. The number of nitrogens with zero attached hydrogens (tertiary/aromatic N) is 3. The van der Waals surface area contributed by atoms with Crippen molar-refractivity contribution in [3.05, 3.63) is 92.7 Å². The van der Waals surface area contributed by atoms with Crippen LogP contribution in [0.2, 0.25) is 0 Å². The Morgan fingerprint density at radius 1 is 1.03 bits per heavy atom. The minimum absolute atomic E-state index is 0.0634. The number of imidazole rings is 1. The Morgan fingerprint density at radius 3 is 2.55 bits per heavy atom. The highest BCUT2D eigenvalue weighted by molar-refractivity contribution is 7.09. The number of benzene rings is 3. The topological polar surface area (TPSA) is 92.6 Å². The molecule has 3 aromatic carbocycles. The molecule has 0 spiro atoms. The van der Waals surface area contributed by atoms with E-state index in [4.69, 9.17) is 14.5 Å². The van der Waals surface area contributed by atoms with E-state index in [0.717, 1.165) is 69.8 Å². The van der Waals surface area contributed by atoms with Gasteiger partial charge in [0, 0.05) is 32.6 Å². The van der Waals surface area contributed by atoms with Gasteiger partial charge in [-0.15, -0.1) is 0 Å². The van der Waals surface area contributed by atoms with Gasteiger partial charge in [0.2, 0.25) is 5.88 Å². The highest BCUT2D eigenvalue weighted by Crippen LogP contribution is 2.35. The largest absolute Gasteiger partial charge is 0.494 e. The molecular formula is C29H28N4O4S. The number of anilines is 1. The van der Waals surface area contributed by atoms with E-state index in [2.05, 4.69) is 22.0 Å². The van der Waals surface area contributed by atoms with Crippen LogP contribution in [0.15, 0.2) is 71.5 Å². The zero-order chi connectivity index (χ0) is 26.1. The van der Waals surface area contributed by atoms with Crippen LogP contribution >= 0.6 is 11.3 Å². The summed E-state index contributed by atoms with van der Waals surface area (Å²) in [5, 5.41) is 9.80. The summed E-state index contributed by atoms with van der Waals surface area (Å²) in [4.78, 5) is 21.3. The van der Waals surface area contributed by atoms with E-state index in [0.29, 0.717) is 17.9 Å². The maximum Gasteiger partial charge on any atom is 0.307 e. The van der Waals surface area contributed by atoms with Crippen molar-refractivity contribution >= 4 is 28.1 Å². The lowest BCUT2D eigenvalue weighted by Gasteiger charge is -2.21. The summed E-state index contributed by atoms with van der Waals surface area (Å²) in [6.45, 7) is 2.44. The maximum atomic E-state index is 11.4. The first-order valence-corrected chi connectivity index (χ1v) is 13.4. The molecule has 0 saturated carbocycles. The molecule has 9 heteroatoms. The van der Waals surface area contributed by atoms with Crippen LogP contribution in [0.25, 0.3) is 11.0 Å². The summed E-state index contributed by atoms with van der Waals surface area (Å²) in [7, 11) is 1.98. The number of hydrogen-bond donors (Lipinski definition) is 2. The molecule has 2 N–H and O–H groups in total. The van der Waals surface area contributed by atoms with Crippen molar-refractivity contribution in [1.82, 2.24) is 14.5 Å². The zero-order valence-electron chi connectivity index (χ0n) is 21.0. The van der Waals surface area contributed by atoms with E-state index >= 15 is 0 Å². The van der Waals surface area contributed by atoms with E-state index in [1.807, 2.05) is 66.2 Å². The third kappa shape index (κ3) is 4.97. The minimum Gasteiger partial charge on any atom is -0.494 e. The normalized spacial score (nSPS) is 13.3. The molecule has 0 amide bonds. The Morgan fingerprint density at radius 2 is 1.79 bits per heavy atom. The predicted molar refractivity (Wildman–Crippen MR) is 149 cm³/mol. The molecule has 1 aliphatic rings. The van der Waals surface area contributed by atoms with Crippen molar-refractivity contribution in [2.75, 3.05) is 18.0 Å². The van der Waals surface area contributed by atoms with E-state index in [9.17, 15) is 9.90 Å². The Bertz CT molecular complexity index is 1630. The lowest BCUT2D eigenvalue weighted by atomic mass is 10.1. The van der Waals surface area contributed by atoms with Crippen LogP contribution in [-0.2, 0) is 20.1 Å². The summed E-state index contributed by atoms with van der Waals surface area (Å²) in [5.41, 5.74) is 3.97. The number of aryl methyl sites for hydroxylation is 1. The SMILES string of the molecule is Cn1c(COc2ccc(Cc3sc(=O)[nH]c3O)cc2)nc2ccc(Oc3ccccc3N3CCCC3)cc21. The molecular weight excluding hydrogens is 500 g/mol. The third-order valence-corrected chi connectivity index (χ3v) is 7.71. The fraction of sp³-hybridized carbons (Fsp3) is 0.241. The van der Waals surface area contributed by atoms with Crippen LogP contribution < -0.4 is 19.2 Å². The van der Waals surface area contributed by atoms with Crippen molar-refractivity contribution in [3.63, 3.8) is 0 Å². The molecule has 0 atom stereocenters. The summed E-state index contributed by atoms with van der Waals surface area (Å²) < 4.78 is 14.4. The summed E-state index contributed by atoms with van der Waals surface area (Å²) in [6.07, 6.45) is 2.91. The van der Waals surface area contributed by atoms with E-state index in [-0.39, 0.29) is 10.8 Å². The monoisotopic (exact) mass is 528 g/mol. The van der Waals surface area contributed by atoms with Gasteiger partial charge >= 0.3 is 4.87 Å². The average molecular weight is 529 g/mol. The van der Waals surface area contributed by atoms with Crippen LogP contribution in [0.1, 0.15) is 29.1 Å². The first-order chi connectivity index (χ1) is 18.5. The molecule has 1 fully saturated rings. The van der Waals surface area contributed by atoms with E-state index in [1.54, 1.807) is 0 Å². The Kier molecular flexibility index (Phi) is 6.51. The molecule has 6 rings (SSSR count). The molecule has 5 aromatic rings. The molecule has 1 saturated heterocycles. The number of fused-ring (bicyclic) bond motifs is 1. The van der Waals surface area contributed by atoms with Gasteiger partial charge in [0.1, 0.15) is 23.9 Å². The maximum absolute atomic E-state index is 11.4. The second-order valence-corrected chi connectivity index (χ2v) is 10.5. The van der Waals surface area contributed by atoms with Gasteiger partial charge in [-0.1, -0.05) is 35.6 Å². The molecule has 194 valence electrons. The number of ether oxygens (including phenoxy) is 2. The average Bonchev–Trinajstić information content (AvgIpc) is 3.64. The lowest BCUT2D eigenvalue weighted by Crippen LogP contribution is -2.18. The van der Waals surface area contributed by atoms with Crippen LogP contribution in [0.5, 0.6) is 23.1 Å². The Balaban J connectivity index is 1.14. The van der Waals surface area contributed by atoms with Crippen LogP contribution in [-0.4, -0.2) is 32.7 Å². The van der Waals surface area contributed by atoms with Gasteiger partial charge in [-0.3, -0.25) is 9.78 Å². The number of H-pyrrole nitrogens is 1. The number of aromatic amines is 1. The van der Waals surface area contributed by atoms with Gasteiger partial charge in [0.15, 0.2) is 5.75 Å². The summed E-state index contributed by atoms with van der Waals surface area (Å²) in [6, 6.07) is 21.8. The molecule has 3 heterocycles. The second kappa shape index (κ2) is 10.3. The van der Waals surface area contributed by atoms with Crippen molar-refractivity contribution in [2.45, 2.75) is 25.9 Å². The number of para-hydroxylation sites is 2. The number of rotatable bonds is 8. The van der Waals surface area contributed by atoms with Gasteiger partial charge in [0.05, 0.1) is 21.6 Å². The van der Waals surface area contributed by atoms with E-state index in [1.165, 1.54) is 12.8 Å². The predicted octanol–water partition coefficient (Wildman–Crippen LogP) is 5.59. The van der Waals surface area contributed by atoms with Crippen molar-refractivity contribution < 1.29 is 14.6 Å². The standard InChI is InChI=1S/C29H28N4O4S/c1-32-24-17-21(37-25-7-3-2-6-23(25)33-14-4-5-15-33)12-13-22(24)30-27(32)18-36-20-10-8-19(9-11-20)16-26-28(34)31-29(35)38-26/h2-3,6-13,17,34H,4-5,14-16,18H2,1H3,(H,31,35). The molecule has 1 aliphatic heterocycles. The second-order valence-electron chi connectivity index (χ2n) is 9.40. The highest BCUT2D eigenvalue weighted by atomic mass is 32.1. The molecule has 8 nitrogen and oxygen atoms in total. The molecule has 2 aromatic heterocycles. The fourth-order valence-electron chi connectivity index (χ4n) is 4.81. The van der Waals surface area contributed by atoms with Gasteiger partial charge in [-0.2, -0.15) is 0 Å². The van der Waals surface area contributed by atoms with Crippen LogP contribution in [0.4, 0.5) is 5.69 Å². The highest BCUT2D eigenvalue weighted by Gasteiger charge is 2.17. The molecule has 0 bridgehead atoms. The molecule has 0 radical (unpaired) electrons. The minimum atomic E-state index is -0.259. The van der Waals surface area contributed by atoms with Gasteiger partial charge in [-0.25, -0.2) is 4.98 Å². The quantitative estimate of drug-likeness (QED) is 0.273. The third-order valence-electron chi connectivity index (χ3n) is 6.84. The smallest absolute Gasteiger partial charge is 0.307 e. The van der Waals surface area contributed by atoms with Crippen molar-refractivity contribution in [1.29, 1.82) is 0 Å². The van der Waals surface area contributed by atoms with Crippen molar-refractivity contribution in [3.8, 4) is 23.1 Å². The number of aromatic hydroxyl groups is 1. The number of hydrogen-bond acceptors (Lipinski definition) is 7. The van der Waals surface area contributed by atoms with Gasteiger partial charge in [0.25, 0.3) is 0 Å². The zero-order valence-corrected chi connectivity index (χ0v) is 21.8. The molecule has 0 unspecified atom stereocenters. The first-order valence-electron chi connectivity index (χ1n) is 12.6. The van der Waals surface area contributed by atoms with Gasteiger partial charge < -0.3 is 24.0 Å². The van der Waals surface area contributed by atoms with Crippen LogP contribution in [0, 0.1) is 0 Å². The lowest BCUT2D eigenvalue weighted by molar-refractivity contribution is 0.292. The molecule has 38 heavy (non-hydrogen) atoms. The van der Waals surface area contributed by atoms with E-state index < -0.39 is 0 Å². The number of aromatic nitrogens is 3. The number of nitrogens with one attached hydrogen (secondary N) is 1. The van der Waals surface area contributed by atoms with Crippen LogP contribution in [0.3, 0.4) is 0 Å². The van der Waals surface area contributed by atoms with Gasteiger partial charge in [-0.05, 0) is 54.8 Å². The summed E-state index contributed by atoms with van der Waals surface area (Å²) in [5.74, 6) is 3.10. The fourth-order valence-corrected chi connectivity index (χ4v) is 5.57.